The molecule has 1 atom stereocenters. The quantitative estimate of drug-likeness (QED) is 0.892. The maximum atomic E-state index is 12.3. The van der Waals surface area contributed by atoms with Crippen molar-refractivity contribution in [3.8, 4) is 0 Å². The molecule has 0 aromatic carbocycles. The van der Waals surface area contributed by atoms with Crippen molar-refractivity contribution in [2.75, 3.05) is 6.54 Å². The molecule has 1 aliphatic rings. The minimum Gasteiger partial charge on any atom is -0.481 e. The van der Waals surface area contributed by atoms with Gasteiger partial charge in [0.25, 0.3) is 5.91 Å². The van der Waals surface area contributed by atoms with Crippen LogP contribution in [0.4, 0.5) is 0 Å². The molecule has 0 aliphatic carbocycles. The molecule has 5 nitrogen and oxygen atoms in total. The average molecular weight is 251 g/mol. The van der Waals surface area contributed by atoms with Crippen molar-refractivity contribution in [1.29, 1.82) is 0 Å². The first-order chi connectivity index (χ1) is 8.59. The fourth-order valence-electron chi connectivity index (χ4n) is 2.44. The van der Waals surface area contributed by atoms with Crippen molar-refractivity contribution >= 4 is 11.9 Å². The number of amides is 1. The number of furan rings is 1. The second kappa shape index (κ2) is 5.25. The third-order valence-corrected chi connectivity index (χ3v) is 3.39. The lowest BCUT2D eigenvalue weighted by atomic mass is 9.98. The Morgan fingerprint density at radius 1 is 1.50 bits per heavy atom. The van der Waals surface area contributed by atoms with Crippen molar-refractivity contribution in [3.05, 3.63) is 23.7 Å². The van der Waals surface area contributed by atoms with Crippen LogP contribution >= 0.6 is 0 Å². The Labute approximate surface area is 105 Å². The molecule has 5 heteroatoms. The van der Waals surface area contributed by atoms with Crippen molar-refractivity contribution in [1.82, 2.24) is 4.90 Å². The van der Waals surface area contributed by atoms with Crippen molar-refractivity contribution in [2.24, 2.45) is 0 Å². The van der Waals surface area contributed by atoms with E-state index in [1.165, 1.54) is 6.26 Å². The van der Waals surface area contributed by atoms with Gasteiger partial charge in [-0.3, -0.25) is 9.59 Å². The van der Waals surface area contributed by atoms with E-state index in [2.05, 4.69) is 0 Å². The fraction of sp³-hybridized carbons (Fsp3) is 0.538. The number of hydrogen-bond acceptors (Lipinski definition) is 3. The number of rotatable bonds is 3. The largest absolute Gasteiger partial charge is 0.481 e. The third-order valence-electron chi connectivity index (χ3n) is 3.39. The normalized spacial score (nSPS) is 19.8. The maximum absolute atomic E-state index is 12.3. The Kier molecular flexibility index (Phi) is 3.69. The van der Waals surface area contributed by atoms with Gasteiger partial charge < -0.3 is 14.4 Å². The second-order valence-corrected chi connectivity index (χ2v) is 4.64. The van der Waals surface area contributed by atoms with Crippen LogP contribution in [0.3, 0.4) is 0 Å². The summed E-state index contributed by atoms with van der Waals surface area (Å²) in [5.41, 5.74) is 0.535. The van der Waals surface area contributed by atoms with Gasteiger partial charge in [0.15, 0.2) is 0 Å². The Morgan fingerprint density at radius 2 is 2.28 bits per heavy atom. The van der Waals surface area contributed by atoms with Crippen LogP contribution in [0.5, 0.6) is 0 Å². The van der Waals surface area contributed by atoms with E-state index in [1.54, 1.807) is 17.9 Å². The van der Waals surface area contributed by atoms with Crippen LogP contribution in [-0.2, 0) is 4.79 Å². The van der Waals surface area contributed by atoms with Gasteiger partial charge in [-0.1, -0.05) is 0 Å². The minimum atomic E-state index is -0.858. The van der Waals surface area contributed by atoms with E-state index in [4.69, 9.17) is 9.52 Å². The first-order valence-corrected chi connectivity index (χ1v) is 6.16. The van der Waals surface area contributed by atoms with Crippen LogP contribution in [0.25, 0.3) is 0 Å². The Bertz CT molecular complexity index is 452. The molecule has 98 valence electrons. The molecule has 1 saturated heterocycles. The first-order valence-electron chi connectivity index (χ1n) is 6.16. The molecule has 0 spiro atoms. The van der Waals surface area contributed by atoms with E-state index in [0.29, 0.717) is 17.9 Å². The number of aryl methyl sites for hydroxylation is 1. The molecule has 1 amide bonds. The summed E-state index contributed by atoms with van der Waals surface area (Å²) in [6.07, 6.45) is 4.17. The van der Waals surface area contributed by atoms with Gasteiger partial charge in [0.2, 0.25) is 0 Å². The minimum absolute atomic E-state index is 0.0165. The Balaban J connectivity index is 2.16. The molecule has 0 bridgehead atoms. The SMILES string of the molecule is Cc1occc1C(=O)N1CCCCC1CC(=O)O. The zero-order valence-electron chi connectivity index (χ0n) is 10.4. The molecule has 2 heterocycles. The summed E-state index contributed by atoms with van der Waals surface area (Å²) in [4.78, 5) is 24.9. The summed E-state index contributed by atoms with van der Waals surface area (Å²) in [6.45, 7) is 2.37. The predicted octanol–water partition coefficient (Wildman–Crippen LogP) is 2.06. The summed E-state index contributed by atoms with van der Waals surface area (Å²) in [5, 5.41) is 8.89. The van der Waals surface area contributed by atoms with Crippen LogP contribution in [0, 0.1) is 6.92 Å². The van der Waals surface area contributed by atoms with Crippen LogP contribution < -0.4 is 0 Å². The molecule has 1 N–H and O–H groups in total. The smallest absolute Gasteiger partial charge is 0.305 e. The zero-order valence-corrected chi connectivity index (χ0v) is 10.4. The van der Waals surface area contributed by atoms with Crippen molar-refractivity contribution < 1.29 is 19.1 Å². The standard InChI is InChI=1S/C13H17NO4/c1-9-11(5-7-18-9)13(17)14-6-3-2-4-10(14)8-12(15)16/h5,7,10H,2-4,6,8H2,1H3,(H,15,16). The van der Waals surface area contributed by atoms with Crippen LogP contribution in [0.2, 0.25) is 0 Å². The van der Waals surface area contributed by atoms with Gasteiger partial charge in [-0.05, 0) is 32.3 Å². The van der Waals surface area contributed by atoms with Crippen molar-refractivity contribution in [3.63, 3.8) is 0 Å². The first kappa shape index (κ1) is 12.7. The number of nitrogens with zero attached hydrogens (tertiary/aromatic N) is 1. The van der Waals surface area contributed by atoms with E-state index in [1.807, 2.05) is 0 Å². The van der Waals surface area contributed by atoms with Gasteiger partial charge >= 0.3 is 5.97 Å². The molecule has 0 saturated carbocycles. The van der Waals surface area contributed by atoms with Gasteiger partial charge in [0.05, 0.1) is 18.2 Å². The summed E-state index contributed by atoms with van der Waals surface area (Å²) >= 11 is 0. The van der Waals surface area contributed by atoms with Crippen LogP contribution in [0.15, 0.2) is 16.7 Å². The summed E-state index contributed by atoms with van der Waals surface area (Å²) in [5.74, 6) is -0.393. The molecule has 1 unspecified atom stereocenters. The maximum Gasteiger partial charge on any atom is 0.305 e. The molecular formula is C13H17NO4. The molecule has 2 rings (SSSR count). The predicted molar refractivity (Wildman–Crippen MR) is 64.4 cm³/mol. The van der Waals surface area contributed by atoms with Gasteiger partial charge in [0, 0.05) is 12.6 Å². The van der Waals surface area contributed by atoms with E-state index >= 15 is 0 Å². The Hall–Kier alpha value is -1.78. The van der Waals surface area contributed by atoms with E-state index in [9.17, 15) is 9.59 Å². The van der Waals surface area contributed by atoms with E-state index in [0.717, 1.165) is 19.3 Å². The average Bonchev–Trinajstić information content (AvgIpc) is 2.74. The highest BCUT2D eigenvalue weighted by molar-refractivity contribution is 5.95. The summed E-state index contributed by atoms with van der Waals surface area (Å²) in [7, 11) is 0. The number of carbonyl (C=O) groups excluding carboxylic acids is 1. The van der Waals surface area contributed by atoms with E-state index < -0.39 is 5.97 Å². The number of carboxylic acid groups (broad SMARTS) is 1. The summed E-state index contributed by atoms with van der Waals surface area (Å²) in [6, 6.07) is 1.45. The van der Waals surface area contributed by atoms with Gasteiger partial charge in [-0.25, -0.2) is 0 Å². The molecule has 18 heavy (non-hydrogen) atoms. The lowest BCUT2D eigenvalue weighted by Crippen LogP contribution is -2.44. The number of aliphatic carboxylic acids is 1. The Morgan fingerprint density at radius 3 is 2.89 bits per heavy atom. The molecular weight excluding hydrogens is 234 g/mol. The number of carbonyl (C=O) groups is 2. The summed E-state index contributed by atoms with van der Waals surface area (Å²) < 4.78 is 5.13. The number of likely N-dealkylation sites (tertiary alicyclic amines) is 1. The molecule has 1 aromatic rings. The van der Waals surface area contributed by atoms with Gasteiger partial charge in [-0.15, -0.1) is 0 Å². The highest BCUT2D eigenvalue weighted by Gasteiger charge is 2.30. The zero-order chi connectivity index (χ0) is 13.1. The topological polar surface area (TPSA) is 70.8 Å². The van der Waals surface area contributed by atoms with E-state index in [-0.39, 0.29) is 18.4 Å². The van der Waals surface area contributed by atoms with Gasteiger partial charge in [0.1, 0.15) is 5.76 Å². The molecule has 1 aliphatic heterocycles. The molecule has 0 radical (unpaired) electrons. The monoisotopic (exact) mass is 251 g/mol. The van der Waals surface area contributed by atoms with Crippen molar-refractivity contribution in [2.45, 2.75) is 38.6 Å². The second-order valence-electron chi connectivity index (χ2n) is 4.64. The van der Waals surface area contributed by atoms with Gasteiger partial charge in [-0.2, -0.15) is 0 Å². The van der Waals surface area contributed by atoms with Crippen LogP contribution in [0.1, 0.15) is 41.8 Å². The lowest BCUT2D eigenvalue weighted by Gasteiger charge is -2.34. The number of piperidine rings is 1. The lowest BCUT2D eigenvalue weighted by molar-refractivity contribution is -0.138. The molecule has 1 aromatic heterocycles. The highest BCUT2D eigenvalue weighted by Crippen LogP contribution is 2.23. The number of hydrogen-bond donors (Lipinski definition) is 1. The molecule has 1 fully saturated rings. The number of carboxylic acids is 1. The highest BCUT2D eigenvalue weighted by atomic mass is 16.4. The third kappa shape index (κ3) is 2.55. The fourth-order valence-corrected chi connectivity index (χ4v) is 2.44. The van der Waals surface area contributed by atoms with Crippen LogP contribution in [-0.4, -0.2) is 34.5 Å².